The van der Waals surface area contributed by atoms with Gasteiger partial charge in [-0.1, -0.05) is 35.2 Å². The summed E-state index contributed by atoms with van der Waals surface area (Å²) in [5, 5.41) is 14.5. The lowest BCUT2D eigenvalue weighted by atomic mass is 10.2. The quantitative estimate of drug-likeness (QED) is 0.539. The summed E-state index contributed by atoms with van der Waals surface area (Å²) >= 11 is 2.80. The van der Waals surface area contributed by atoms with E-state index in [1.807, 2.05) is 25.1 Å². The molecule has 2 N–H and O–H groups in total. The number of carbonyl (C=O) groups excluding carboxylic acids is 1. The molecule has 0 saturated heterocycles. The van der Waals surface area contributed by atoms with Gasteiger partial charge in [-0.05, 0) is 24.6 Å². The monoisotopic (exact) mass is 378 g/mol. The molecule has 0 fully saturated rings. The summed E-state index contributed by atoms with van der Waals surface area (Å²) in [6.45, 7) is 6.79. The number of nitrogens with one attached hydrogen (secondary N) is 2. The predicted octanol–water partition coefficient (Wildman–Crippen LogP) is 2.66. The summed E-state index contributed by atoms with van der Waals surface area (Å²) in [5.74, 6) is 1.39. The molecule has 0 aliphatic carbocycles. The van der Waals surface area contributed by atoms with Gasteiger partial charge in [-0.25, -0.2) is 0 Å². The highest BCUT2D eigenvalue weighted by molar-refractivity contribution is 8.02. The molecular formula is C16H18N4O3S2. The second-order valence-electron chi connectivity index (χ2n) is 5.21. The van der Waals surface area contributed by atoms with Crippen molar-refractivity contribution in [2.75, 3.05) is 18.7 Å². The Labute approximate surface area is 153 Å². The van der Waals surface area contributed by atoms with Crippen molar-refractivity contribution in [2.24, 2.45) is 0 Å². The molecule has 2 heterocycles. The van der Waals surface area contributed by atoms with Gasteiger partial charge in [-0.3, -0.25) is 4.79 Å². The van der Waals surface area contributed by atoms with Crippen LogP contribution in [0.15, 0.2) is 35.2 Å². The van der Waals surface area contributed by atoms with Crippen molar-refractivity contribution < 1.29 is 14.3 Å². The molecule has 0 unspecified atom stereocenters. The summed E-state index contributed by atoms with van der Waals surface area (Å²) in [4.78, 5) is 12.3. The maximum atomic E-state index is 12.3. The maximum absolute atomic E-state index is 12.3. The Bertz CT molecular complexity index is 766. The SMILES string of the molecule is C=CCNc1nnc(S[C@@H](C)C(=O)NCc2ccc3c(c2)OCO3)s1. The van der Waals surface area contributed by atoms with Crippen molar-refractivity contribution in [3.63, 3.8) is 0 Å². The van der Waals surface area contributed by atoms with E-state index in [0.717, 1.165) is 20.8 Å². The zero-order chi connectivity index (χ0) is 17.6. The van der Waals surface area contributed by atoms with E-state index in [-0.39, 0.29) is 18.0 Å². The molecule has 0 saturated carbocycles. The smallest absolute Gasteiger partial charge is 0.233 e. The third-order valence-electron chi connectivity index (χ3n) is 3.35. The largest absolute Gasteiger partial charge is 0.454 e. The van der Waals surface area contributed by atoms with Gasteiger partial charge in [0.1, 0.15) is 0 Å². The summed E-state index contributed by atoms with van der Waals surface area (Å²) < 4.78 is 11.4. The van der Waals surface area contributed by atoms with E-state index in [9.17, 15) is 4.79 Å². The standard InChI is InChI=1S/C16H18N4O3S2/c1-3-6-17-15-19-20-16(25-15)24-10(2)14(21)18-8-11-4-5-12-13(7-11)23-9-22-12/h3-5,7,10H,1,6,8-9H2,2H3,(H,17,19)(H,18,21)/t10-/m0/s1. The number of carbonyl (C=O) groups is 1. The van der Waals surface area contributed by atoms with Gasteiger partial charge >= 0.3 is 0 Å². The Morgan fingerprint density at radius 1 is 1.44 bits per heavy atom. The van der Waals surface area contributed by atoms with Crippen LogP contribution in [-0.4, -0.2) is 34.7 Å². The Balaban J connectivity index is 1.49. The second kappa shape index (κ2) is 8.21. The van der Waals surface area contributed by atoms with Gasteiger partial charge in [0.05, 0.1) is 5.25 Å². The highest BCUT2D eigenvalue weighted by Crippen LogP contribution is 2.32. The molecule has 9 heteroatoms. The summed E-state index contributed by atoms with van der Waals surface area (Å²) in [6, 6.07) is 5.64. The molecule has 0 bridgehead atoms. The molecule has 0 spiro atoms. The lowest BCUT2D eigenvalue weighted by Crippen LogP contribution is -2.30. The second-order valence-corrected chi connectivity index (χ2v) is 7.77. The maximum Gasteiger partial charge on any atom is 0.233 e. The summed E-state index contributed by atoms with van der Waals surface area (Å²) in [6.07, 6.45) is 1.75. The first-order chi connectivity index (χ1) is 12.2. The van der Waals surface area contributed by atoms with Crippen LogP contribution in [0.2, 0.25) is 0 Å². The van der Waals surface area contributed by atoms with Crippen LogP contribution < -0.4 is 20.1 Å². The lowest BCUT2D eigenvalue weighted by Gasteiger charge is -2.10. The first-order valence-electron chi connectivity index (χ1n) is 7.67. The van der Waals surface area contributed by atoms with Crippen molar-refractivity contribution in [1.82, 2.24) is 15.5 Å². The molecule has 1 aromatic heterocycles. The molecule has 132 valence electrons. The van der Waals surface area contributed by atoms with Crippen LogP contribution in [0.4, 0.5) is 5.13 Å². The molecule has 1 aromatic carbocycles. The minimum atomic E-state index is -0.269. The van der Waals surface area contributed by atoms with Crippen LogP contribution in [0.3, 0.4) is 0 Å². The fourth-order valence-electron chi connectivity index (χ4n) is 2.08. The molecule has 0 radical (unpaired) electrons. The normalized spacial score (nSPS) is 13.3. The van der Waals surface area contributed by atoms with Crippen molar-refractivity contribution in [3.05, 3.63) is 36.4 Å². The van der Waals surface area contributed by atoms with Gasteiger partial charge in [-0.15, -0.1) is 16.8 Å². The van der Waals surface area contributed by atoms with Crippen molar-refractivity contribution in [1.29, 1.82) is 0 Å². The van der Waals surface area contributed by atoms with Gasteiger partial charge in [0.15, 0.2) is 15.8 Å². The van der Waals surface area contributed by atoms with Crippen LogP contribution in [0.5, 0.6) is 11.5 Å². The fraction of sp³-hybridized carbons (Fsp3) is 0.312. The summed E-state index contributed by atoms with van der Waals surface area (Å²) in [5.41, 5.74) is 0.960. The number of anilines is 1. The Kier molecular flexibility index (Phi) is 5.77. The average Bonchev–Trinajstić information content (AvgIpc) is 3.26. The Hall–Kier alpha value is -2.26. The number of hydrogen-bond donors (Lipinski definition) is 2. The number of benzene rings is 1. The first-order valence-corrected chi connectivity index (χ1v) is 9.36. The number of amides is 1. The molecule has 1 aliphatic heterocycles. The van der Waals surface area contributed by atoms with E-state index in [0.29, 0.717) is 18.8 Å². The van der Waals surface area contributed by atoms with Gasteiger partial charge < -0.3 is 20.1 Å². The minimum Gasteiger partial charge on any atom is -0.454 e. The van der Waals surface area contributed by atoms with E-state index >= 15 is 0 Å². The van der Waals surface area contributed by atoms with Crippen molar-refractivity contribution >= 4 is 34.1 Å². The number of nitrogens with zero attached hydrogens (tertiary/aromatic N) is 2. The molecule has 1 amide bonds. The minimum absolute atomic E-state index is 0.0570. The molecule has 7 nitrogen and oxygen atoms in total. The van der Waals surface area contributed by atoms with Gasteiger partial charge in [0.2, 0.25) is 17.8 Å². The summed E-state index contributed by atoms with van der Waals surface area (Å²) in [7, 11) is 0. The Morgan fingerprint density at radius 3 is 3.12 bits per heavy atom. The molecule has 3 rings (SSSR count). The number of aromatic nitrogens is 2. The first kappa shape index (κ1) is 17.6. The average molecular weight is 378 g/mol. The Morgan fingerprint density at radius 2 is 2.28 bits per heavy atom. The third-order valence-corrected chi connectivity index (χ3v) is 5.42. The number of fused-ring (bicyclic) bond motifs is 1. The number of ether oxygens (including phenoxy) is 2. The highest BCUT2D eigenvalue weighted by atomic mass is 32.2. The zero-order valence-electron chi connectivity index (χ0n) is 13.7. The van der Waals surface area contributed by atoms with E-state index in [1.165, 1.54) is 23.1 Å². The van der Waals surface area contributed by atoms with Gasteiger partial charge in [-0.2, -0.15) is 0 Å². The van der Waals surface area contributed by atoms with Crippen LogP contribution in [-0.2, 0) is 11.3 Å². The van der Waals surface area contributed by atoms with Crippen LogP contribution in [0, 0.1) is 0 Å². The predicted molar refractivity (Wildman–Crippen MR) is 98.3 cm³/mol. The van der Waals surface area contributed by atoms with E-state index in [1.54, 1.807) is 6.08 Å². The zero-order valence-corrected chi connectivity index (χ0v) is 15.3. The van der Waals surface area contributed by atoms with Gasteiger partial charge in [0, 0.05) is 13.1 Å². The topological polar surface area (TPSA) is 85.4 Å². The van der Waals surface area contributed by atoms with Crippen LogP contribution in [0.1, 0.15) is 12.5 Å². The molecule has 1 atom stereocenters. The van der Waals surface area contributed by atoms with Crippen LogP contribution in [0.25, 0.3) is 0 Å². The van der Waals surface area contributed by atoms with Gasteiger partial charge in [0.25, 0.3) is 0 Å². The van der Waals surface area contributed by atoms with E-state index in [4.69, 9.17) is 9.47 Å². The van der Waals surface area contributed by atoms with E-state index in [2.05, 4.69) is 27.4 Å². The van der Waals surface area contributed by atoms with E-state index < -0.39 is 0 Å². The number of rotatable bonds is 8. The lowest BCUT2D eigenvalue weighted by molar-refractivity contribution is -0.120. The third kappa shape index (κ3) is 4.64. The number of thioether (sulfide) groups is 1. The highest BCUT2D eigenvalue weighted by Gasteiger charge is 2.18. The molecule has 1 aliphatic rings. The fourth-order valence-corrected chi connectivity index (χ4v) is 4.00. The molecular weight excluding hydrogens is 360 g/mol. The van der Waals surface area contributed by atoms with Crippen molar-refractivity contribution in [2.45, 2.75) is 23.1 Å². The molecule has 25 heavy (non-hydrogen) atoms. The number of hydrogen-bond acceptors (Lipinski definition) is 8. The molecule has 2 aromatic rings. The van der Waals surface area contributed by atoms with Crippen LogP contribution >= 0.6 is 23.1 Å². The van der Waals surface area contributed by atoms with Crippen molar-refractivity contribution in [3.8, 4) is 11.5 Å².